The van der Waals surface area contributed by atoms with E-state index in [1.807, 2.05) is 4.90 Å². The number of nitrogens with zero attached hydrogens (tertiary/aromatic N) is 2. The van der Waals surface area contributed by atoms with E-state index >= 15 is 0 Å². The van der Waals surface area contributed by atoms with Crippen LogP contribution in [0, 0.1) is 0 Å². The van der Waals surface area contributed by atoms with Crippen molar-refractivity contribution in [3.05, 3.63) is 24.2 Å². The molecule has 0 unspecified atom stereocenters. The second-order valence-corrected chi connectivity index (χ2v) is 5.43. The van der Waals surface area contributed by atoms with Gasteiger partial charge >= 0.3 is 0 Å². The largest absolute Gasteiger partial charge is 0.459 e. The normalized spacial score (nSPS) is 18.4. The highest BCUT2D eigenvalue weighted by Crippen LogP contribution is 2.17. The second-order valence-electron chi connectivity index (χ2n) is 5.43. The van der Waals surface area contributed by atoms with Crippen LogP contribution < -0.4 is 0 Å². The van der Waals surface area contributed by atoms with Gasteiger partial charge in [-0.15, -0.1) is 0 Å². The smallest absolute Gasteiger partial charge is 0.289 e. The van der Waals surface area contributed by atoms with Gasteiger partial charge in [-0.05, 0) is 32.9 Å². The number of carbonyl (C=O) groups is 1. The Morgan fingerprint density at radius 2 is 1.88 bits per heavy atom. The molecule has 0 aliphatic carbocycles. The Balaban J connectivity index is 1.94. The highest BCUT2D eigenvalue weighted by Gasteiger charge is 2.28. The van der Waals surface area contributed by atoms with E-state index in [0.29, 0.717) is 5.76 Å². The van der Waals surface area contributed by atoms with Crippen LogP contribution in [0.15, 0.2) is 22.8 Å². The molecule has 1 aromatic rings. The number of hydrogen-bond donors (Lipinski definition) is 0. The number of amides is 1. The van der Waals surface area contributed by atoms with Gasteiger partial charge in [-0.25, -0.2) is 0 Å². The van der Waals surface area contributed by atoms with Crippen LogP contribution in [0.1, 0.15) is 31.3 Å². The van der Waals surface area contributed by atoms with Gasteiger partial charge in [0, 0.05) is 31.7 Å². The molecule has 1 saturated heterocycles. The zero-order valence-corrected chi connectivity index (χ0v) is 10.8. The van der Waals surface area contributed by atoms with Crippen LogP contribution in [0.25, 0.3) is 0 Å². The van der Waals surface area contributed by atoms with Crippen molar-refractivity contribution in [3.63, 3.8) is 0 Å². The maximum absolute atomic E-state index is 12.0. The Kier molecular flexibility index (Phi) is 3.24. The monoisotopic (exact) mass is 236 g/mol. The van der Waals surface area contributed by atoms with Gasteiger partial charge in [0.15, 0.2) is 5.76 Å². The van der Waals surface area contributed by atoms with E-state index in [9.17, 15) is 4.79 Å². The van der Waals surface area contributed by atoms with Crippen molar-refractivity contribution in [2.24, 2.45) is 0 Å². The second kappa shape index (κ2) is 4.53. The first-order chi connectivity index (χ1) is 7.98. The van der Waals surface area contributed by atoms with Crippen molar-refractivity contribution in [2.75, 3.05) is 26.2 Å². The maximum atomic E-state index is 12.0. The maximum Gasteiger partial charge on any atom is 0.289 e. The fourth-order valence-electron chi connectivity index (χ4n) is 2.14. The third kappa shape index (κ3) is 2.69. The zero-order valence-electron chi connectivity index (χ0n) is 10.8. The van der Waals surface area contributed by atoms with Crippen molar-refractivity contribution in [1.29, 1.82) is 0 Å². The predicted molar refractivity (Wildman–Crippen MR) is 65.9 cm³/mol. The molecule has 1 aliphatic rings. The lowest BCUT2D eigenvalue weighted by molar-refractivity contribution is 0.0428. The van der Waals surface area contributed by atoms with E-state index in [1.165, 1.54) is 0 Å². The summed E-state index contributed by atoms with van der Waals surface area (Å²) in [4.78, 5) is 16.3. The Bertz CT molecular complexity index is 371. The molecule has 0 saturated carbocycles. The summed E-state index contributed by atoms with van der Waals surface area (Å²) >= 11 is 0. The Morgan fingerprint density at radius 3 is 2.35 bits per heavy atom. The van der Waals surface area contributed by atoms with Crippen LogP contribution in [-0.4, -0.2) is 47.4 Å². The van der Waals surface area contributed by atoms with E-state index in [4.69, 9.17) is 4.42 Å². The highest BCUT2D eigenvalue weighted by molar-refractivity contribution is 5.91. The first-order valence-corrected chi connectivity index (χ1v) is 6.06. The van der Waals surface area contributed by atoms with Gasteiger partial charge in [0.2, 0.25) is 0 Å². The van der Waals surface area contributed by atoms with Crippen LogP contribution in [0.4, 0.5) is 0 Å². The van der Waals surface area contributed by atoms with Gasteiger partial charge in [0.1, 0.15) is 0 Å². The summed E-state index contributed by atoms with van der Waals surface area (Å²) in [6, 6.07) is 3.47. The minimum absolute atomic E-state index is 0.00330. The fraction of sp³-hybridized carbons (Fsp3) is 0.615. The first-order valence-electron chi connectivity index (χ1n) is 6.06. The van der Waals surface area contributed by atoms with Gasteiger partial charge in [0.25, 0.3) is 5.91 Å². The summed E-state index contributed by atoms with van der Waals surface area (Å²) in [5, 5.41) is 0. The van der Waals surface area contributed by atoms with E-state index in [0.717, 1.165) is 26.2 Å². The third-order valence-electron chi connectivity index (χ3n) is 3.25. The molecular formula is C13H20N2O2. The van der Waals surface area contributed by atoms with Crippen molar-refractivity contribution in [3.8, 4) is 0 Å². The molecule has 4 heteroatoms. The predicted octanol–water partition coefficient (Wildman–Crippen LogP) is 1.84. The average molecular weight is 236 g/mol. The summed E-state index contributed by atoms with van der Waals surface area (Å²) in [6.07, 6.45) is 1.54. The molecule has 1 aromatic heterocycles. The molecule has 0 radical (unpaired) electrons. The fourth-order valence-corrected chi connectivity index (χ4v) is 2.14. The average Bonchev–Trinajstić information content (AvgIpc) is 2.80. The molecule has 1 fully saturated rings. The van der Waals surface area contributed by atoms with E-state index in [2.05, 4.69) is 25.7 Å². The van der Waals surface area contributed by atoms with Crippen LogP contribution in [0.2, 0.25) is 0 Å². The molecule has 0 N–H and O–H groups in total. The van der Waals surface area contributed by atoms with Gasteiger partial charge in [-0.3, -0.25) is 9.69 Å². The quantitative estimate of drug-likeness (QED) is 0.746. The van der Waals surface area contributed by atoms with E-state index in [-0.39, 0.29) is 11.4 Å². The molecule has 0 bridgehead atoms. The molecule has 0 aromatic carbocycles. The molecular weight excluding hydrogens is 216 g/mol. The van der Waals surface area contributed by atoms with Gasteiger partial charge in [0.05, 0.1) is 6.26 Å². The SMILES string of the molecule is CC(C)(C)N1CCN(C(=O)c2ccco2)CC1. The molecule has 94 valence electrons. The number of hydrogen-bond acceptors (Lipinski definition) is 3. The van der Waals surface area contributed by atoms with Crippen LogP contribution in [0.5, 0.6) is 0 Å². The lowest BCUT2D eigenvalue weighted by Gasteiger charge is -2.42. The van der Waals surface area contributed by atoms with Crippen LogP contribution in [-0.2, 0) is 0 Å². The summed E-state index contributed by atoms with van der Waals surface area (Å²) in [5.41, 5.74) is 0.180. The summed E-state index contributed by atoms with van der Waals surface area (Å²) < 4.78 is 5.14. The number of piperazine rings is 1. The highest BCUT2D eigenvalue weighted by atomic mass is 16.3. The Morgan fingerprint density at radius 1 is 1.24 bits per heavy atom. The molecule has 0 atom stereocenters. The Labute approximate surface area is 102 Å². The molecule has 2 heterocycles. The number of carbonyl (C=O) groups excluding carboxylic acids is 1. The Hall–Kier alpha value is -1.29. The zero-order chi connectivity index (χ0) is 12.5. The van der Waals surface area contributed by atoms with Crippen molar-refractivity contribution >= 4 is 5.91 Å². The van der Waals surface area contributed by atoms with Gasteiger partial charge in [-0.2, -0.15) is 0 Å². The standard InChI is InChI=1S/C13H20N2O2/c1-13(2,3)15-8-6-14(7-9-15)12(16)11-5-4-10-17-11/h4-5,10H,6-9H2,1-3H3. The lowest BCUT2D eigenvalue weighted by atomic mass is 10.0. The summed E-state index contributed by atoms with van der Waals surface area (Å²) in [6.45, 7) is 10.0. The van der Waals surface area contributed by atoms with Crippen LogP contribution in [0.3, 0.4) is 0 Å². The summed E-state index contributed by atoms with van der Waals surface area (Å²) in [7, 11) is 0. The lowest BCUT2D eigenvalue weighted by Crippen LogP contribution is -2.54. The van der Waals surface area contributed by atoms with Crippen molar-refractivity contribution in [2.45, 2.75) is 26.3 Å². The van der Waals surface area contributed by atoms with E-state index < -0.39 is 0 Å². The minimum atomic E-state index is 0.00330. The number of furan rings is 1. The molecule has 2 rings (SSSR count). The van der Waals surface area contributed by atoms with Crippen molar-refractivity contribution in [1.82, 2.24) is 9.80 Å². The minimum Gasteiger partial charge on any atom is -0.459 e. The van der Waals surface area contributed by atoms with E-state index in [1.54, 1.807) is 18.4 Å². The molecule has 17 heavy (non-hydrogen) atoms. The third-order valence-corrected chi connectivity index (χ3v) is 3.25. The topological polar surface area (TPSA) is 36.7 Å². The van der Waals surface area contributed by atoms with Crippen LogP contribution >= 0.6 is 0 Å². The van der Waals surface area contributed by atoms with Gasteiger partial charge < -0.3 is 9.32 Å². The molecule has 1 amide bonds. The van der Waals surface area contributed by atoms with Crippen molar-refractivity contribution < 1.29 is 9.21 Å². The molecule has 1 aliphatic heterocycles. The first kappa shape index (κ1) is 12.2. The summed E-state index contributed by atoms with van der Waals surface area (Å²) in [5.74, 6) is 0.442. The van der Waals surface area contributed by atoms with Gasteiger partial charge in [-0.1, -0.05) is 0 Å². The number of rotatable bonds is 1. The molecule has 4 nitrogen and oxygen atoms in total. The molecule has 0 spiro atoms.